The summed E-state index contributed by atoms with van der Waals surface area (Å²) in [5.74, 6) is 1.03. The minimum atomic E-state index is 0.281. The number of piperazine rings is 1. The maximum absolute atomic E-state index is 5.58. The zero-order chi connectivity index (χ0) is 13.2. The van der Waals surface area contributed by atoms with E-state index in [9.17, 15) is 0 Å². The number of rotatable bonds is 3. The van der Waals surface area contributed by atoms with Crippen LogP contribution in [-0.4, -0.2) is 41.5 Å². The molecule has 0 aromatic carbocycles. The second-order valence-corrected chi connectivity index (χ2v) is 6.06. The summed E-state index contributed by atoms with van der Waals surface area (Å²) in [4.78, 5) is 4.98. The van der Waals surface area contributed by atoms with Gasteiger partial charge in [-0.15, -0.1) is 0 Å². The number of nitrogens with two attached hydrogens (primary N) is 1. The summed E-state index contributed by atoms with van der Waals surface area (Å²) in [6.07, 6.45) is 1.76. The first kappa shape index (κ1) is 13.6. The van der Waals surface area contributed by atoms with Gasteiger partial charge in [0.25, 0.3) is 0 Å². The van der Waals surface area contributed by atoms with Crippen LogP contribution in [0.1, 0.15) is 32.1 Å². The van der Waals surface area contributed by atoms with Gasteiger partial charge in [0.2, 0.25) is 0 Å². The second-order valence-electron chi connectivity index (χ2n) is 6.06. The standard InChI is InChI=1S/C14H25N3O/c1-14(2,3)17-6-4-16(5-7-17)10-13-8-12(9-15)11-18-13/h8,11H,4-7,9-10,15H2,1-3H3. The lowest BCUT2D eigenvalue weighted by Crippen LogP contribution is -2.53. The Kier molecular flexibility index (Phi) is 4.10. The largest absolute Gasteiger partial charge is 0.468 e. The van der Waals surface area contributed by atoms with Gasteiger partial charge < -0.3 is 10.2 Å². The average molecular weight is 251 g/mol. The van der Waals surface area contributed by atoms with Crippen LogP contribution in [0.4, 0.5) is 0 Å². The molecule has 1 aliphatic heterocycles. The molecule has 1 aliphatic rings. The fraction of sp³-hybridized carbons (Fsp3) is 0.714. The number of hydrogen-bond acceptors (Lipinski definition) is 4. The van der Waals surface area contributed by atoms with Gasteiger partial charge in [-0.3, -0.25) is 9.80 Å². The molecule has 2 rings (SSSR count). The van der Waals surface area contributed by atoms with Crippen molar-refractivity contribution in [2.75, 3.05) is 26.2 Å². The summed E-state index contributed by atoms with van der Waals surface area (Å²) in [7, 11) is 0. The monoisotopic (exact) mass is 251 g/mol. The minimum absolute atomic E-state index is 0.281. The molecule has 0 amide bonds. The topological polar surface area (TPSA) is 45.6 Å². The maximum atomic E-state index is 5.58. The van der Waals surface area contributed by atoms with Crippen molar-refractivity contribution in [1.29, 1.82) is 0 Å². The first-order chi connectivity index (χ1) is 8.49. The Morgan fingerprint density at radius 3 is 2.39 bits per heavy atom. The molecule has 1 saturated heterocycles. The van der Waals surface area contributed by atoms with Gasteiger partial charge in [0.1, 0.15) is 5.76 Å². The molecule has 0 bridgehead atoms. The summed E-state index contributed by atoms with van der Waals surface area (Å²) in [5.41, 5.74) is 6.95. The Hall–Kier alpha value is -0.840. The van der Waals surface area contributed by atoms with Crippen LogP contribution in [0.3, 0.4) is 0 Å². The third-order valence-corrected chi connectivity index (χ3v) is 3.64. The van der Waals surface area contributed by atoms with Crippen LogP contribution in [-0.2, 0) is 13.1 Å². The summed E-state index contributed by atoms with van der Waals surface area (Å²) < 4.78 is 5.52. The van der Waals surface area contributed by atoms with Gasteiger partial charge in [0.05, 0.1) is 12.8 Å². The molecule has 0 atom stereocenters. The summed E-state index contributed by atoms with van der Waals surface area (Å²) in [5, 5.41) is 0. The van der Waals surface area contributed by atoms with Crippen molar-refractivity contribution in [3.8, 4) is 0 Å². The Morgan fingerprint density at radius 1 is 1.22 bits per heavy atom. The Bertz CT molecular complexity index is 373. The van der Waals surface area contributed by atoms with Gasteiger partial charge in [0, 0.05) is 43.8 Å². The van der Waals surface area contributed by atoms with Gasteiger partial charge in [-0.05, 0) is 26.8 Å². The molecule has 1 aromatic heterocycles. The number of furan rings is 1. The lowest BCUT2D eigenvalue weighted by Gasteiger charge is -2.42. The average Bonchev–Trinajstić information content (AvgIpc) is 2.76. The molecule has 4 heteroatoms. The first-order valence-corrected chi connectivity index (χ1v) is 6.73. The predicted molar refractivity (Wildman–Crippen MR) is 73.2 cm³/mol. The number of hydrogen-bond donors (Lipinski definition) is 1. The van der Waals surface area contributed by atoms with E-state index in [1.54, 1.807) is 6.26 Å². The quantitative estimate of drug-likeness (QED) is 0.887. The fourth-order valence-corrected chi connectivity index (χ4v) is 2.41. The number of nitrogens with zero attached hydrogens (tertiary/aromatic N) is 2. The second kappa shape index (κ2) is 5.43. The van der Waals surface area contributed by atoms with E-state index in [2.05, 4.69) is 36.6 Å². The van der Waals surface area contributed by atoms with E-state index >= 15 is 0 Å². The van der Waals surface area contributed by atoms with E-state index in [0.717, 1.165) is 44.0 Å². The summed E-state index contributed by atoms with van der Waals surface area (Å²) >= 11 is 0. The van der Waals surface area contributed by atoms with Gasteiger partial charge in [-0.25, -0.2) is 0 Å². The van der Waals surface area contributed by atoms with Crippen molar-refractivity contribution in [3.05, 3.63) is 23.7 Å². The third-order valence-electron chi connectivity index (χ3n) is 3.64. The van der Waals surface area contributed by atoms with Crippen molar-refractivity contribution in [3.63, 3.8) is 0 Å². The van der Waals surface area contributed by atoms with E-state index in [1.807, 2.05) is 0 Å². The molecule has 0 radical (unpaired) electrons. The van der Waals surface area contributed by atoms with Crippen molar-refractivity contribution < 1.29 is 4.42 Å². The Balaban J connectivity index is 1.83. The van der Waals surface area contributed by atoms with E-state index in [4.69, 9.17) is 10.2 Å². The van der Waals surface area contributed by atoms with Gasteiger partial charge in [0.15, 0.2) is 0 Å². The molecule has 18 heavy (non-hydrogen) atoms. The van der Waals surface area contributed by atoms with Crippen LogP contribution in [0.15, 0.2) is 16.7 Å². The van der Waals surface area contributed by atoms with Crippen molar-refractivity contribution in [1.82, 2.24) is 9.80 Å². The Labute approximate surface area is 110 Å². The predicted octanol–water partition coefficient (Wildman–Crippen LogP) is 1.65. The van der Waals surface area contributed by atoms with Gasteiger partial charge >= 0.3 is 0 Å². The molecule has 1 fully saturated rings. The van der Waals surface area contributed by atoms with Crippen LogP contribution in [0.25, 0.3) is 0 Å². The van der Waals surface area contributed by atoms with Crippen LogP contribution in [0.5, 0.6) is 0 Å². The molecule has 1 aromatic rings. The smallest absolute Gasteiger partial charge is 0.118 e. The van der Waals surface area contributed by atoms with Crippen LogP contribution < -0.4 is 5.73 Å². The van der Waals surface area contributed by atoms with Crippen molar-refractivity contribution in [2.45, 2.75) is 39.4 Å². The molecule has 0 spiro atoms. The third kappa shape index (κ3) is 3.34. The van der Waals surface area contributed by atoms with E-state index in [1.165, 1.54) is 0 Å². The fourth-order valence-electron chi connectivity index (χ4n) is 2.41. The summed E-state index contributed by atoms with van der Waals surface area (Å²) in [6, 6.07) is 2.07. The highest BCUT2D eigenvalue weighted by Gasteiger charge is 2.25. The zero-order valence-corrected chi connectivity index (χ0v) is 11.8. The van der Waals surface area contributed by atoms with Crippen molar-refractivity contribution >= 4 is 0 Å². The van der Waals surface area contributed by atoms with E-state index in [0.29, 0.717) is 6.54 Å². The molecular weight excluding hydrogens is 226 g/mol. The van der Waals surface area contributed by atoms with Crippen LogP contribution in [0, 0.1) is 0 Å². The highest BCUT2D eigenvalue weighted by atomic mass is 16.3. The summed E-state index contributed by atoms with van der Waals surface area (Å²) in [6.45, 7) is 12.8. The molecule has 2 heterocycles. The highest BCUT2D eigenvalue weighted by molar-refractivity contribution is 5.12. The maximum Gasteiger partial charge on any atom is 0.118 e. The molecule has 2 N–H and O–H groups in total. The molecule has 0 saturated carbocycles. The SMILES string of the molecule is CC(C)(C)N1CCN(Cc2cc(CN)co2)CC1. The highest BCUT2D eigenvalue weighted by Crippen LogP contribution is 2.17. The molecule has 4 nitrogen and oxygen atoms in total. The normalized spacial score (nSPS) is 19.3. The van der Waals surface area contributed by atoms with Gasteiger partial charge in [-0.2, -0.15) is 0 Å². The van der Waals surface area contributed by atoms with E-state index in [-0.39, 0.29) is 5.54 Å². The zero-order valence-electron chi connectivity index (χ0n) is 11.8. The van der Waals surface area contributed by atoms with Gasteiger partial charge in [-0.1, -0.05) is 0 Å². The first-order valence-electron chi connectivity index (χ1n) is 6.73. The van der Waals surface area contributed by atoms with Crippen LogP contribution in [0.2, 0.25) is 0 Å². The van der Waals surface area contributed by atoms with Crippen LogP contribution >= 0.6 is 0 Å². The Morgan fingerprint density at radius 2 is 1.89 bits per heavy atom. The molecule has 102 valence electrons. The molecular formula is C14H25N3O. The molecule has 0 unspecified atom stereocenters. The minimum Gasteiger partial charge on any atom is -0.468 e. The lowest BCUT2D eigenvalue weighted by molar-refractivity contribution is 0.0562. The lowest BCUT2D eigenvalue weighted by atomic mass is 10.0. The molecule has 0 aliphatic carbocycles. The van der Waals surface area contributed by atoms with E-state index < -0.39 is 0 Å². The van der Waals surface area contributed by atoms with Crippen molar-refractivity contribution in [2.24, 2.45) is 5.73 Å².